The van der Waals surface area contributed by atoms with Crippen molar-refractivity contribution < 1.29 is 26.7 Å². The maximum atomic E-state index is 13.5. The Kier molecular flexibility index (Phi) is 5.87. The average Bonchev–Trinajstić information content (AvgIpc) is 2.52. The number of carbonyl (C=O) groups is 1. The fourth-order valence-corrected chi connectivity index (χ4v) is 2.99. The van der Waals surface area contributed by atoms with Crippen LogP contribution >= 0.6 is 11.6 Å². The molecule has 0 fully saturated rings. The Balaban J connectivity index is 1.94. The largest absolute Gasteiger partial charge is 0.460 e. The smallest absolute Gasteiger partial charge is 0.321 e. The van der Waals surface area contributed by atoms with Gasteiger partial charge in [-0.15, -0.1) is 0 Å². The molecule has 0 unspecified atom stereocenters. The van der Waals surface area contributed by atoms with Crippen LogP contribution in [0.4, 0.5) is 8.78 Å². The predicted molar refractivity (Wildman–Crippen MR) is 82.8 cm³/mol. The van der Waals surface area contributed by atoms with E-state index in [2.05, 4.69) is 0 Å². The van der Waals surface area contributed by atoms with Gasteiger partial charge in [0.25, 0.3) is 0 Å². The van der Waals surface area contributed by atoms with Crippen molar-refractivity contribution in [1.29, 1.82) is 0 Å². The van der Waals surface area contributed by atoms with Crippen molar-refractivity contribution in [2.24, 2.45) is 0 Å². The molecule has 0 spiro atoms. The summed E-state index contributed by atoms with van der Waals surface area (Å²) >= 11 is 5.71. The minimum absolute atomic E-state index is 0.0915. The summed E-state index contributed by atoms with van der Waals surface area (Å²) in [6.45, 7) is -0.852. The van der Waals surface area contributed by atoms with E-state index in [0.717, 1.165) is 18.2 Å². The van der Waals surface area contributed by atoms with Crippen molar-refractivity contribution in [2.75, 3.05) is 6.54 Å². The highest BCUT2D eigenvalue weighted by molar-refractivity contribution is 7.89. The predicted octanol–water partition coefficient (Wildman–Crippen LogP) is 2.64. The number of halogens is 3. The number of carbonyl (C=O) groups excluding carboxylic acids is 1. The molecule has 0 aliphatic rings. The maximum Gasteiger partial charge on any atom is 0.321 e. The van der Waals surface area contributed by atoms with Gasteiger partial charge in [-0.3, -0.25) is 4.79 Å². The van der Waals surface area contributed by atoms with E-state index < -0.39 is 39.1 Å². The summed E-state index contributed by atoms with van der Waals surface area (Å²) in [6.07, 6.45) is 0. The first-order valence-electron chi connectivity index (χ1n) is 6.63. The molecule has 2 aromatic carbocycles. The summed E-state index contributed by atoms with van der Waals surface area (Å²) in [5.74, 6) is -3.40. The second kappa shape index (κ2) is 7.69. The Morgan fingerprint density at radius 2 is 1.67 bits per heavy atom. The number of sulfonamides is 1. The second-order valence-electron chi connectivity index (χ2n) is 4.66. The molecule has 0 amide bonds. The standard InChI is InChI=1S/C15H12ClF2NO4S/c16-11-6-4-10(5-7-11)9-23-14(20)8-19-24(21,22)15-12(17)2-1-3-13(15)18/h1-7,19H,8-9H2. The molecule has 0 aliphatic carbocycles. The van der Waals surface area contributed by atoms with Gasteiger partial charge >= 0.3 is 5.97 Å². The maximum absolute atomic E-state index is 13.5. The number of hydrogen-bond acceptors (Lipinski definition) is 4. The second-order valence-corrected chi connectivity index (χ2v) is 6.80. The van der Waals surface area contributed by atoms with Gasteiger partial charge in [-0.1, -0.05) is 29.8 Å². The van der Waals surface area contributed by atoms with Crippen LogP contribution < -0.4 is 4.72 Å². The number of rotatable bonds is 6. The van der Waals surface area contributed by atoms with E-state index in [1.54, 1.807) is 29.0 Å². The molecule has 0 heterocycles. The molecule has 9 heteroatoms. The van der Waals surface area contributed by atoms with Gasteiger partial charge in [-0.25, -0.2) is 17.2 Å². The SMILES string of the molecule is O=C(CNS(=O)(=O)c1c(F)cccc1F)OCc1ccc(Cl)cc1. The number of esters is 1. The monoisotopic (exact) mass is 375 g/mol. The third-order valence-corrected chi connectivity index (χ3v) is 4.61. The summed E-state index contributed by atoms with van der Waals surface area (Å²) in [7, 11) is -4.52. The summed E-state index contributed by atoms with van der Waals surface area (Å²) in [6, 6.07) is 9.11. The van der Waals surface area contributed by atoms with Gasteiger partial charge in [0.15, 0.2) is 4.90 Å². The van der Waals surface area contributed by atoms with Gasteiger partial charge in [0, 0.05) is 5.02 Å². The molecular formula is C15H12ClF2NO4S. The minimum Gasteiger partial charge on any atom is -0.460 e. The van der Waals surface area contributed by atoms with E-state index in [4.69, 9.17) is 16.3 Å². The summed E-state index contributed by atoms with van der Waals surface area (Å²) in [5, 5.41) is 0.518. The molecule has 5 nitrogen and oxygen atoms in total. The zero-order valence-electron chi connectivity index (χ0n) is 12.1. The molecule has 2 rings (SSSR count). The van der Waals surface area contributed by atoms with E-state index >= 15 is 0 Å². The molecule has 0 saturated heterocycles. The number of nitrogens with one attached hydrogen (secondary N) is 1. The highest BCUT2D eigenvalue weighted by Crippen LogP contribution is 2.17. The molecule has 2 aromatic rings. The number of hydrogen-bond donors (Lipinski definition) is 1. The van der Waals surface area contributed by atoms with Crippen LogP contribution in [-0.4, -0.2) is 20.9 Å². The molecule has 0 atom stereocenters. The molecule has 24 heavy (non-hydrogen) atoms. The summed E-state index contributed by atoms with van der Waals surface area (Å²) in [4.78, 5) is 10.4. The van der Waals surface area contributed by atoms with Crippen LogP contribution in [0, 0.1) is 11.6 Å². The fraction of sp³-hybridized carbons (Fsp3) is 0.133. The summed E-state index contributed by atoms with van der Waals surface area (Å²) in [5.41, 5.74) is 0.649. The Bertz CT molecular complexity index is 821. The van der Waals surface area contributed by atoms with Crippen molar-refractivity contribution >= 4 is 27.6 Å². The average molecular weight is 376 g/mol. The van der Waals surface area contributed by atoms with E-state index in [9.17, 15) is 22.0 Å². The summed E-state index contributed by atoms with van der Waals surface area (Å²) < 4.78 is 57.4. The number of ether oxygens (including phenoxy) is 1. The topological polar surface area (TPSA) is 72.5 Å². The van der Waals surface area contributed by atoms with E-state index in [-0.39, 0.29) is 6.61 Å². The van der Waals surface area contributed by atoms with Crippen molar-refractivity contribution in [1.82, 2.24) is 4.72 Å². The third kappa shape index (κ3) is 4.73. The molecular weight excluding hydrogens is 364 g/mol. The molecule has 128 valence electrons. The van der Waals surface area contributed by atoms with Crippen molar-refractivity contribution in [3.05, 3.63) is 64.7 Å². The minimum atomic E-state index is -4.52. The zero-order chi connectivity index (χ0) is 17.7. The van der Waals surface area contributed by atoms with Crippen molar-refractivity contribution in [2.45, 2.75) is 11.5 Å². The first-order valence-corrected chi connectivity index (χ1v) is 8.49. The van der Waals surface area contributed by atoms with Gasteiger partial charge in [-0.2, -0.15) is 4.72 Å². The van der Waals surface area contributed by atoms with E-state index in [0.29, 0.717) is 10.6 Å². The van der Waals surface area contributed by atoms with Crippen molar-refractivity contribution in [3.8, 4) is 0 Å². The fourth-order valence-electron chi connectivity index (χ4n) is 1.76. The van der Waals surface area contributed by atoms with Crippen molar-refractivity contribution in [3.63, 3.8) is 0 Å². The highest BCUT2D eigenvalue weighted by Gasteiger charge is 2.24. The number of benzene rings is 2. The van der Waals surface area contributed by atoms with Gasteiger partial charge in [0.05, 0.1) is 0 Å². The van der Waals surface area contributed by atoms with Crippen LogP contribution in [0.3, 0.4) is 0 Å². The molecule has 1 N–H and O–H groups in total. The first-order chi connectivity index (χ1) is 11.3. The zero-order valence-corrected chi connectivity index (χ0v) is 13.7. The lowest BCUT2D eigenvalue weighted by Gasteiger charge is -2.09. The van der Waals surface area contributed by atoms with Crippen LogP contribution in [0.25, 0.3) is 0 Å². The Hall–Kier alpha value is -2.03. The van der Waals surface area contributed by atoms with Gasteiger partial charge in [-0.05, 0) is 29.8 Å². The van der Waals surface area contributed by atoms with Crippen LogP contribution in [0.2, 0.25) is 5.02 Å². The lowest BCUT2D eigenvalue weighted by molar-refractivity contribution is -0.143. The van der Waals surface area contributed by atoms with Gasteiger partial charge in [0.2, 0.25) is 10.0 Å². The molecule has 0 aromatic heterocycles. The van der Waals surface area contributed by atoms with Crippen LogP contribution in [0.1, 0.15) is 5.56 Å². The van der Waals surface area contributed by atoms with Crippen LogP contribution in [0.5, 0.6) is 0 Å². The molecule has 0 aliphatic heterocycles. The van der Waals surface area contributed by atoms with E-state index in [1.807, 2.05) is 0 Å². The van der Waals surface area contributed by atoms with Gasteiger partial charge < -0.3 is 4.74 Å². The highest BCUT2D eigenvalue weighted by atomic mass is 35.5. The van der Waals surface area contributed by atoms with Crippen LogP contribution in [-0.2, 0) is 26.2 Å². The molecule has 0 saturated carbocycles. The van der Waals surface area contributed by atoms with Gasteiger partial charge in [0.1, 0.15) is 24.8 Å². The Morgan fingerprint density at radius 3 is 2.25 bits per heavy atom. The lowest BCUT2D eigenvalue weighted by Crippen LogP contribution is -2.31. The first kappa shape index (κ1) is 18.3. The van der Waals surface area contributed by atoms with Crippen LogP contribution in [0.15, 0.2) is 47.4 Å². The van der Waals surface area contributed by atoms with E-state index in [1.165, 1.54) is 0 Å². The molecule has 0 bridgehead atoms. The lowest BCUT2D eigenvalue weighted by atomic mass is 10.2. The third-order valence-electron chi connectivity index (χ3n) is 2.91. The molecule has 0 radical (unpaired) electrons. The Morgan fingerprint density at radius 1 is 1.08 bits per heavy atom. The Labute approximate surface area is 142 Å². The quantitative estimate of drug-likeness (QED) is 0.788. The normalized spacial score (nSPS) is 11.3.